The Kier molecular flexibility index (Phi) is 3.29. The van der Waals surface area contributed by atoms with Crippen LogP contribution in [0.25, 0.3) is 0 Å². The molecule has 1 aromatic rings. The van der Waals surface area contributed by atoms with Crippen LogP contribution in [-0.2, 0) is 0 Å². The molecule has 0 radical (unpaired) electrons. The molecule has 4 heteroatoms. The Hall–Kier alpha value is -1.29. The van der Waals surface area contributed by atoms with Crippen LogP contribution in [0.15, 0.2) is 18.5 Å². The number of pyridine rings is 1. The smallest absolute Gasteiger partial charge is 0.0761 e. The summed E-state index contributed by atoms with van der Waals surface area (Å²) < 4.78 is 0. The molecule has 4 nitrogen and oxygen atoms in total. The predicted molar refractivity (Wildman–Crippen MR) is 67.8 cm³/mol. The van der Waals surface area contributed by atoms with E-state index in [0.29, 0.717) is 5.92 Å². The molecule has 0 aromatic carbocycles. The van der Waals surface area contributed by atoms with Crippen LogP contribution in [0.5, 0.6) is 0 Å². The van der Waals surface area contributed by atoms with Gasteiger partial charge in [0.05, 0.1) is 17.6 Å². The van der Waals surface area contributed by atoms with Gasteiger partial charge in [-0.25, -0.2) is 0 Å². The minimum Gasteiger partial charge on any atom is -0.385 e. The van der Waals surface area contributed by atoms with Gasteiger partial charge < -0.3 is 16.0 Å². The largest absolute Gasteiger partial charge is 0.385 e. The fourth-order valence-corrected chi connectivity index (χ4v) is 2.45. The molecule has 0 bridgehead atoms. The first kappa shape index (κ1) is 11.2. The maximum Gasteiger partial charge on any atom is 0.0761 e. The van der Waals surface area contributed by atoms with Gasteiger partial charge in [-0.3, -0.25) is 4.98 Å². The Morgan fingerprint density at radius 1 is 1.50 bits per heavy atom. The van der Waals surface area contributed by atoms with Crippen LogP contribution < -0.4 is 16.0 Å². The Morgan fingerprint density at radius 3 is 3.00 bits per heavy atom. The van der Waals surface area contributed by atoms with Crippen LogP contribution in [0.3, 0.4) is 0 Å². The molecule has 0 amide bonds. The van der Waals surface area contributed by atoms with Gasteiger partial charge in [-0.1, -0.05) is 6.92 Å². The van der Waals surface area contributed by atoms with Crippen molar-refractivity contribution in [3.8, 4) is 0 Å². The zero-order valence-electron chi connectivity index (χ0n) is 9.98. The van der Waals surface area contributed by atoms with Crippen molar-refractivity contribution < 1.29 is 0 Å². The quantitative estimate of drug-likeness (QED) is 0.788. The summed E-state index contributed by atoms with van der Waals surface area (Å²) in [6.07, 6.45) is 4.82. The van der Waals surface area contributed by atoms with Crippen LogP contribution >= 0.6 is 0 Å². The Morgan fingerprint density at radius 2 is 2.31 bits per heavy atom. The summed E-state index contributed by atoms with van der Waals surface area (Å²) in [5, 5.41) is 3.18. The second kappa shape index (κ2) is 4.70. The number of hydrogen-bond acceptors (Lipinski definition) is 4. The summed E-state index contributed by atoms with van der Waals surface area (Å²) in [4.78, 5) is 6.48. The highest BCUT2D eigenvalue weighted by molar-refractivity contribution is 5.68. The van der Waals surface area contributed by atoms with Gasteiger partial charge in [-0.15, -0.1) is 0 Å². The Labute approximate surface area is 96.8 Å². The SMILES string of the molecule is CNc1cnccc1N1CC(N)C[C@@H](C)C1. The van der Waals surface area contributed by atoms with E-state index in [0.717, 1.165) is 25.2 Å². The standard InChI is InChI=1S/C12H20N4/c1-9-5-10(13)8-16(7-9)12-3-4-15-6-11(12)14-2/h3-4,6,9-10,14H,5,7-8,13H2,1-2H3/t9-,10?/m1/s1. The number of rotatable bonds is 2. The fraction of sp³-hybridized carbons (Fsp3) is 0.583. The lowest BCUT2D eigenvalue weighted by Crippen LogP contribution is -2.46. The van der Waals surface area contributed by atoms with Gasteiger partial charge in [0.25, 0.3) is 0 Å². The molecule has 16 heavy (non-hydrogen) atoms. The number of nitrogens with zero attached hydrogens (tertiary/aromatic N) is 2. The van der Waals surface area contributed by atoms with E-state index < -0.39 is 0 Å². The van der Waals surface area contributed by atoms with E-state index in [1.165, 1.54) is 5.69 Å². The molecule has 2 atom stereocenters. The average molecular weight is 220 g/mol. The average Bonchev–Trinajstić information content (AvgIpc) is 2.27. The minimum atomic E-state index is 0.279. The van der Waals surface area contributed by atoms with E-state index in [1.807, 2.05) is 19.4 Å². The van der Waals surface area contributed by atoms with Gasteiger partial charge in [0.15, 0.2) is 0 Å². The first-order chi connectivity index (χ1) is 7.70. The molecule has 0 aliphatic carbocycles. The molecule has 1 fully saturated rings. The summed E-state index contributed by atoms with van der Waals surface area (Å²) in [6.45, 7) is 4.27. The van der Waals surface area contributed by atoms with E-state index in [2.05, 4.69) is 28.2 Å². The van der Waals surface area contributed by atoms with E-state index in [-0.39, 0.29) is 6.04 Å². The molecule has 1 saturated heterocycles. The minimum absolute atomic E-state index is 0.279. The molecule has 1 aliphatic heterocycles. The zero-order chi connectivity index (χ0) is 11.5. The number of nitrogens with one attached hydrogen (secondary N) is 1. The second-order valence-corrected chi connectivity index (χ2v) is 4.65. The lowest BCUT2D eigenvalue weighted by atomic mass is 9.96. The van der Waals surface area contributed by atoms with Crippen molar-refractivity contribution in [1.29, 1.82) is 0 Å². The lowest BCUT2D eigenvalue weighted by molar-refractivity contribution is 0.402. The zero-order valence-corrected chi connectivity index (χ0v) is 9.98. The number of hydrogen-bond donors (Lipinski definition) is 2. The fourth-order valence-electron chi connectivity index (χ4n) is 2.45. The van der Waals surface area contributed by atoms with Crippen molar-refractivity contribution in [2.24, 2.45) is 11.7 Å². The molecule has 88 valence electrons. The molecule has 0 saturated carbocycles. The number of aromatic nitrogens is 1. The molecule has 2 heterocycles. The van der Waals surface area contributed by atoms with Gasteiger partial charge in [-0.05, 0) is 18.4 Å². The second-order valence-electron chi connectivity index (χ2n) is 4.65. The van der Waals surface area contributed by atoms with Crippen LogP contribution in [0, 0.1) is 5.92 Å². The van der Waals surface area contributed by atoms with E-state index in [4.69, 9.17) is 5.73 Å². The van der Waals surface area contributed by atoms with Gasteiger partial charge in [0.1, 0.15) is 0 Å². The van der Waals surface area contributed by atoms with Crippen LogP contribution in [0.2, 0.25) is 0 Å². The van der Waals surface area contributed by atoms with Crippen LogP contribution in [0.1, 0.15) is 13.3 Å². The first-order valence-electron chi connectivity index (χ1n) is 5.83. The molecule has 1 aliphatic rings. The van der Waals surface area contributed by atoms with Crippen molar-refractivity contribution in [3.05, 3.63) is 18.5 Å². The van der Waals surface area contributed by atoms with Crippen molar-refractivity contribution >= 4 is 11.4 Å². The predicted octanol–water partition coefficient (Wildman–Crippen LogP) is 1.30. The van der Waals surface area contributed by atoms with Gasteiger partial charge in [0, 0.05) is 32.4 Å². The summed E-state index contributed by atoms with van der Waals surface area (Å²) >= 11 is 0. The molecular formula is C12H20N4. The highest BCUT2D eigenvalue weighted by Crippen LogP contribution is 2.28. The molecule has 3 N–H and O–H groups in total. The summed E-state index contributed by atoms with van der Waals surface area (Å²) in [6, 6.07) is 2.33. The normalized spacial score (nSPS) is 25.6. The van der Waals surface area contributed by atoms with Gasteiger partial charge in [-0.2, -0.15) is 0 Å². The lowest BCUT2D eigenvalue weighted by Gasteiger charge is -2.37. The summed E-state index contributed by atoms with van der Waals surface area (Å²) in [5.74, 6) is 0.654. The summed E-state index contributed by atoms with van der Waals surface area (Å²) in [5.41, 5.74) is 8.35. The first-order valence-corrected chi connectivity index (χ1v) is 5.83. The number of anilines is 2. The van der Waals surface area contributed by atoms with E-state index in [9.17, 15) is 0 Å². The maximum atomic E-state index is 6.07. The third kappa shape index (κ3) is 2.27. The van der Waals surface area contributed by atoms with Crippen LogP contribution in [0.4, 0.5) is 11.4 Å². The molecule has 0 spiro atoms. The highest BCUT2D eigenvalue weighted by atomic mass is 15.2. The van der Waals surface area contributed by atoms with Crippen molar-refractivity contribution in [3.63, 3.8) is 0 Å². The van der Waals surface area contributed by atoms with Gasteiger partial charge in [0.2, 0.25) is 0 Å². The van der Waals surface area contributed by atoms with Crippen LogP contribution in [-0.4, -0.2) is 31.2 Å². The van der Waals surface area contributed by atoms with Crippen molar-refractivity contribution in [2.45, 2.75) is 19.4 Å². The topological polar surface area (TPSA) is 54.2 Å². The summed E-state index contributed by atoms with van der Waals surface area (Å²) in [7, 11) is 1.92. The molecular weight excluding hydrogens is 200 g/mol. The number of nitrogens with two attached hydrogens (primary N) is 1. The Bertz CT molecular complexity index is 343. The van der Waals surface area contributed by atoms with E-state index >= 15 is 0 Å². The maximum absolute atomic E-state index is 6.07. The van der Waals surface area contributed by atoms with Crippen molar-refractivity contribution in [2.75, 3.05) is 30.4 Å². The molecule has 1 aromatic heterocycles. The van der Waals surface area contributed by atoms with Gasteiger partial charge >= 0.3 is 0 Å². The Balaban J connectivity index is 2.22. The molecule has 2 rings (SSSR count). The van der Waals surface area contributed by atoms with E-state index in [1.54, 1.807) is 0 Å². The monoisotopic (exact) mass is 220 g/mol. The van der Waals surface area contributed by atoms with Crippen molar-refractivity contribution in [1.82, 2.24) is 4.98 Å². The number of piperidine rings is 1. The molecule has 1 unspecified atom stereocenters. The highest BCUT2D eigenvalue weighted by Gasteiger charge is 2.23. The third-order valence-electron chi connectivity index (χ3n) is 3.10. The third-order valence-corrected chi connectivity index (χ3v) is 3.10.